The fraction of sp³-hybridized carbons (Fsp3) is 0.312. The van der Waals surface area contributed by atoms with Crippen molar-refractivity contribution in [3.05, 3.63) is 53.6 Å². The third-order valence-corrected chi connectivity index (χ3v) is 5.42. The fourth-order valence-corrected chi connectivity index (χ4v) is 3.64. The molecule has 0 fully saturated rings. The summed E-state index contributed by atoms with van der Waals surface area (Å²) in [7, 11) is -2.01. The Labute approximate surface area is 143 Å². The molecule has 0 aliphatic heterocycles. The molecule has 1 aromatic rings. The van der Waals surface area contributed by atoms with E-state index in [1.54, 1.807) is 12.1 Å². The van der Waals surface area contributed by atoms with Gasteiger partial charge in [-0.2, -0.15) is 0 Å². The minimum Gasteiger partial charge on any atom is -0.239 e. The molecule has 0 saturated heterocycles. The molecule has 2 nitrogen and oxygen atoms in total. The summed E-state index contributed by atoms with van der Waals surface area (Å²) in [6, 6.07) is 8.99. The van der Waals surface area contributed by atoms with Crippen LogP contribution in [0.3, 0.4) is 0 Å². The molecular weight excluding hydrogens is 278 g/mol. The summed E-state index contributed by atoms with van der Waals surface area (Å²) in [6.45, 7) is 5.85. The molecule has 0 saturated carbocycles. The number of hydrogen-bond donors (Lipinski definition) is 0. The van der Waals surface area contributed by atoms with Crippen LogP contribution < -0.4 is 5.30 Å². The van der Waals surface area contributed by atoms with Crippen molar-refractivity contribution in [3.63, 3.8) is 0 Å². The molecule has 2 unspecified atom stereocenters. The largest absolute Gasteiger partial charge is 0.454 e. The van der Waals surface area contributed by atoms with E-state index in [-0.39, 0.29) is 35.1 Å². The summed E-state index contributed by atoms with van der Waals surface area (Å²) >= 11 is 0. The van der Waals surface area contributed by atoms with Crippen LogP contribution in [0.5, 0.6) is 0 Å². The van der Waals surface area contributed by atoms with E-state index in [4.69, 9.17) is 0 Å². The van der Waals surface area contributed by atoms with Gasteiger partial charge in [-0.05, 0) is 39.3 Å². The van der Waals surface area contributed by atoms with Crippen LogP contribution in [0.15, 0.2) is 53.6 Å². The molecule has 20 heavy (non-hydrogen) atoms. The normalized spacial score (nSPS) is 22.2. The summed E-state index contributed by atoms with van der Waals surface area (Å²) in [5.74, 6) is 0. The fourth-order valence-electron chi connectivity index (χ4n) is 2.25. The van der Waals surface area contributed by atoms with Gasteiger partial charge >= 0.3 is 13.3 Å². The first-order valence-electron chi connectivity index (χ1n) is 6.37. The Morgan fingerprint density at radius 2 is 1.80 bits per heavy atom. The predicted octanol–water partition coefficient (Wildman–Crippen LogP) is 3.59. The van der Waals surface area contributed by atoms with E-state index in [1.807, 2.05) is 51.1 Å². The van der Waals surface area contributed by atoms with Crippen molar-refractivity contribution in [2.45, 2.75) is 27.2 Å². The van der Waals surface area contributed by atoms with E-state index in [0.717, 1.165) is 11.1 Å². The van der Waals surface area contributed by atoms with Gasteiger partial charge in [0.05, 0.1) is 0 Å². The molecule has 4 heteroatoms. The van der Waals surface area contributed by atoms with E-state index in [0.29, 0.717) is 11.7 Å². The predicted molar refractivity (Wildman–Crippen MR) is 84.7 cm³/mol. The van der Waals surface area contributed by atoms with E-state index >= 15 is 0 Å². The monoisotopic (exact) mass is 296 g/mol. The molecule has 1 aromatic carbocycles. The molecule has 0 aromatic heterocycles. The Morgan fingerprint density at radius 3 is 2.35 bits per heavy atom. The van der Waals surface area contributed by atoms with Crippen LogP contribution in [0.4, 0.5) is 0 Å². The Bertz CT molecular complexity index is 590. The average Bonchev–Trinajstić information content (AvgIpc) is 2.42. The van der Waals surface area contributed by atoms with Crippen molar-refractivity contribution in [3.8, 4) is 0 Å². The van der Waals surface area contributed by atoms with Gasteiger partial charge < -0.3 is 0 Å². The van der Waals surface area contributed by atoms with Gasteiger partial charge in [0.25, 0.3) is 0 Å². The first-order valence-corrected chi connectivity index (χ1v) is 7.63. The second-order valence-electron chi connectivity index (χ2n) is 5.25. The van der Waals surface area contributed by atoms with Gasteiger partial charge in [-0.15, -0.1) is 0 Å². The van der Waals surface area contributed by atoms with E-state index in [1.165, 1.54) is 0 Å². The van der Waals surface area contributed by atoms with Crippen molar-refractivity contribution in [1.29, 1.82) is 0 Å². The summed E-state index contributed by atoms with van der Waals surface area (Å²) < 4.78 is 12.4. The molecule has 0 bridgehead atoms. The molecule has 2 rings (SSSR count). The number of carbonyl (C=O) groups excluding carboxylic acids is 1. The van der Waals surface area contributed by atoms with Crippen LogP contribution in [0, 0.1) is 5.41 Å². The molecule has 0 amide bonds. The Kier molecular flexibility index (Phi) is 6.09. The number of carbonyl (C=O) groups is 1. The quantitative estimate of drug-likeness (QED) is 0.631. The van der Waals surface area contributed by atoms with Gasteiger partial charge in [-0.3, -0.25) is 0 Å². The Balaban J connectivity index is 0.00000200. The molecule has 99 valence electrons. The zero-order valence-corrected chi connectivity index (χ0v) is 15.4. The zero-order valence-electron chi connectivity index (χ0n) is 12.5. The first kappa shape index (κ1) is 17.5. The van der Waals surface area contributed by atoms with Gasteiger partial charge in [0.1, 0.15) is 5.41 Å². The number of hydrogen-bond acceptors (Lipinski definition) is 2. The Morgan fingerprint density at radius 1 is 1.20 bits per heavy atom. The third-order valence-electron chi connectivity index (χ3n) is 3.79. The van der Waals surface area contributed by atoms with Crippen LogP contribution in [-0.2, 0) is 9.36 Å². The number of rotatable bonds is 3. The maximum Gasteiger partial charge on any atom is 0.454 e. The molecule has 0 N–H and O–H groups in total. The first-order chi connectivity index (χ1) is 8.95. The summed E-state index contributed by atoms with van der Waals surface area (Å²) in [5.41, 5.74) is 1.35. The second kappa shape index (κ2) is 6.95. The third kappa shape index (κ3) is 3.38. The van der Waals surface area contributed by atoms with E-state index in [9.17, 15) is 9.36 Å². The van der Waals surface area contributed by atoms with Crippen LogP contribution in [0.2, 0.25) is 0 Å². The average molecular weight is 296 g/mol. The van der Waals surface area contributed by atoms with Crippen molar-refractivity contribution >= 4 is 48.2 Å². The SMILES string of the molecule is CC1=CCC(C)(C(=O)[P+](=O)c2ccccc2)C(C)=C1.[Na]. The summed E-state index contributed by atoms with van der Waals surface area (Å²) in [6.07, 6.45) is 4.68. The van der Waals surface area contributed by atoms with Crippen molar-refractivity contribution < 1.29 is 9.36 Å². The maximum absolute atomic E-state index is 12.6. The summed E-state index contributed by atoms with van der Waals surface area (Å²) in [4.78, 5) is 12.6. The van der Waals surface area contributed by atoms with Crippen molar-refractivity contribution in [1.82, 2.24) is 0 Å². The van der Waals surface area contributed by atoms with Crippen LogP contribution in [0.1, 0.15) is 27.2 Å². The molecule has 0 heterocycles. The number of benzene rings is 1. The van der Waals surface area contributed by atoms with Gasteiger partial charge in [0.2, 0.25) is 0 Å². The van der Waals surface area contributed by atoms with Gasteiger partial charge in [0.15, 0.2) is 5.30 Å². The van der Waals surface area contributed by atoms with Crippen LogP contribution in [0.25, 0.3) is 0 Å². The topological polar surface area (TPSA) is 34.1 Å². The smallest absolute Gasteiger partial charge is 0.239 e. The van der Waals surface area contributed by atoms with Crippen LogP contribution in [-0.4, -0.2) is 35.1 Å². The van der Waals surface area contributed by atoms with Crippen molar-refractivity contribution in [2.75, 3.05) is 0 Å². The molecule has 0 spiro atoms. The summed E-state index contributed by atoms with van der Waals surface area (Å²) in [5, 5.41) is 0.614. The van der Waals surface area contributed by atoms with Gasteiger partial charge in [-0.25, -0.2) is 4.79 Å². The van der Waals surface area contributed by atoms with Crippen LogP contribution >= 0.6 is 7.80 Å². The minimum absolute atomic E-state index is 0. The molecular formula is C16H18NaO2P+. The second-order valence-corrected chi connectivity index (χ2v) is 6.76. The number of allylic oxidation sites excluding steroid dienone is 4. The molecule has 1 radical (unpaired) electrons. The molecule has 2 atom stereocenters. The molecule has 1 aliphatic rings. The van der Waals surface area contributed by atoms with Gasteiger partial charge in [0, 0.05) is 29.6 Å². The van der Waals surface area contributed by atoms with Gasteiger partial charge in [-0.1, -0.05) is 46.1 Å². The van der Waals surface area contributed by atoms with E-state index in [2.05, 4.69) is 0 Å². The van der Waals surface area contributed by atoms with E-state index < -0.39 is 13.2 Å². The van der Waals surface area contributed by atoms with Crippen molar-refractivity contribution in [2.24, 2.45) is 5.41 Å². The minimum atomic E-state index is -2.01. The molecule has 1 aliphatic carbocycles. The maximum atomic E-state index is 12.6. The standard InChI is InChI=1S/C16H18O2P.Na/c1-12-9-10-16(3,13(2)11-12)15(17)19(18)14-7-5-4-6-8-14;/h4-9,11H,10H2,1-3H3;/q+1;. The zero-order chi connectivity index (χ0) is 14.0. The Hall–Kier alpha value is -0.530.